The van der Waals surface area contributed by atoms with E-state index in [2.05, 4.69) is 5.32 Å². The smallest absolute Gasteiger partial charge is 0.260 e. The second-order valence-corrected chi connectivity index (χ2v) is 5.58. The lowest BCUT2D eigenvalue weighted by Gasteiger charge is -2.17. The summed E-state index contributed by atoms with van der Waals surface area (Å²) in [5.74, 6) is 0.821. The summed E-state index contributed by atoms with van der Waals surface area (Å²) in [5, 5.41) is 3.41. The molecule has 1 aromatic rings. The van der Waals surface area contributed by atoms with Crippen LogP contribution in [0.25, 0.3) is 0 Å². The molecule has 110 valence electrons. The Hall–Kier alpha value is -1.26. The number of hydrogen-bond acceptors (Lipinski definition) is 3. The number of benzene rings is 1. The van der Waals surface area contributed by atoms with Crippen LogP contribution >= 0.6 is 11.6 Å². The minimum absolute atomic E-state index is 0.130. The molecule has 1 N–H and O–H groups in total. The Morgan fingerprint density at radius 1 is 1.60 bits per heavy atom. The molecule has 20 heavy (non-hydrogen) atoms. The number of rotatable bonds is 5. The lowest BCUT2D eigenvalue weighted by Crippen LogP contribution is -2.39. The third-order valence-corrected chi connectivity index (χ3v) is 3.66. The molecule has 1 fully saturated rings. The topological polar surface area (TPSA) is 47.6 Å². The average molecular weight is 298 g/mol. The standard InChI is InChI=1S/C15H20ClNO3/c1-10-3-4-13(16)14(7-10)20-11(2)15(18)17-8-12-5-6-19-9-12/h3-4,7,11-12H,5-6,8-9H2,1-2H3,(H,17,18)/t11-,12-/m1/s1. The van der Waals surface area contributed by atoms with Crippen molar-refractivity contribution in [2.75, 3.05) is 19.8 Å². The molecule has 5 heteroatoms. The van der Waals surface area contributed by atoms with Gasteiger partial charge >= 0.3 is 0 Å². The Kier molecular flexibility index (Phi) is 5.26. The predicted molar refractivity (Wildman–Crippen MR) is 78.2 cm³/mol. The molecule has 0 unspecified atom stereocenters. The summed E-state index contributed by atoms with van der Waals surface area (Å²) < 4.78 is 10.9. The Morgan fingerprint density at radius 2 is 2.40 bits per heavy atom. The van der Waals surface area contributed by atoms with Crippen molar-refractivity contribution in [2.24, 2.45) is 5.92 Å². The third-order valence-electron chi connectivity index (χ3n) is 3.35. The van der Waals surface area contributed by atoms with E-state index in [9.17, 15) is 4.79 Å². The monoisotopic (exact) mass is 297 g/mol. The first-order chi connectivity index (χ1) is 9.56. The van der Waals surface area contributed by atoms with E-state index in [1.165, 1.54) is 0 Å². The van der Waals surface area contributed by atoms with Gasteiger partial charge in [-0.2, -0.15) is 0 Å². The molecular formula is C15H20ClNO3. The summed E-state index contributed by atoms with van der Waals surface area (Å²) in [6.45, 7) is 5.81. The van der Waals surface area contributed by atoms with Gasteiger partial charge in [0.15, 0.2) is 6.10 Å². The van der Waals surface area contributed by atoms with Crippen molar-refractivity contribution in [3.05, 3.63) is 28.8 Å². The maximum Gasteiger partial charge on any atom is 0.260 e. The van der Waals surface area contributed by atoms with Gasteiger partial charge in [-0.05, 0) is 38.0 Å². The summed E-state index contributed by atoms with van der Waals surface area (Å²) in [5.41, 5.74) is 1.04. The largest absolute Gasteiger partial charge is 0.479 e. The van der Waals surface area contributed by atoms with Crippen LogP contribution < -0.4 is 10.1 Å². The minimum Gasteiger partial charge on any atom is -0.479 e. The van der Waals surface area contributed by atoms with Crippen LogP contribution in [0.2, 0.25) is 5.02 Å². The highest BCUT2D eigenvalue weighted by Gasteiger charge is 2.20. The molecule has 4 nitrogen and oxygen atoms in total. The molecule has 1 saturated heterocycles. The number of aryl methyl sites for hydroxylation is 1. The number of hydrogen-bond donors (Lipinski definition) is 1. The third kappa shape index (κ3) is 4.12. The zero-order valence-electron chi connectivity index (χ0n) is 11.8. The lowest BCUT2D eigenvalue weighted by molar-refractivity contribution is -0.127. The molecule has 1 amide bonds. The predicted octanol–water partition coefficient (Wildman–Crippen LogP) is 2.57. The molecule has 2 rings (SSSR count). The van der Waals surface area contributed by atoms with E-state index in [1.54, 1.807) is 13.0 Å². The van der Waals surface area contributed by atoms with Gasteiger partial charge in [-0.15, -0.1) is 0 Å². The highest BCUT2D eigenvalue weighted by molar-refractivity contribution is 6.32. The Balaban J connectivity index is 1.85. The highest BCUT2D eigenvalue weighted by Crippen LogP contribution is 2.26. The molecule has 0 aromatic heterocycles. The molecule has 0 saturated carbocycles. The Labute approximate surface area is 124 Å². The van der Waals surface area contributed by atoms with Crippen LogP contribution in [0.15, 0.2) is 18.2 Å². The zero-order valence-corrected chi connectivity index (χ0v) is 12.6. The number of nitrogens with one attached hydrogen (secondary N) is 1. The second kappa shape index (κ2) is 6.95. The number of amides is 1. The lowest BCUT2D eigenvalue weighted by atomic mass is 10.1. The fourth-order valence-electron chi connectivity index (χ4n) is 2.08. The minimum atomic E-state index is -0.573. The van der Waals surface area contributed by atoms with Gasteiger partial charge in [-0.3, -0.25) is 4.79 Å². The molecule has 1 aliphatic rings. The molecular weight excluding hydrogens is 278 g/mol. The van der Waals surface area contributed by atoms with E-state index in [-0.39, 0.29) is 5.91 Å². The van der Waals surface area contributed by atoms with Gasteiger partial charge in [-0.25, -0.2) is 0 Å². The van der Waals surface area contributed by atoms with Crippen LogP contribution in [-0.2, 0) is 9.53 Å². The number of ether oxygens (including phenoxy) is 2. The van der Waals surface area contributed by atoms with Crippen molar-refractivity contribution >= 4 is 17.5 Å². The van der Waals surface area contributed by atoms with E-state index in [4.69, 9.17) is 21.1 Å². The van der Waals surface area contributed by atoms with Crippen molar-refractivity contribution in [1.29, 1.82) is 0 Å². The maximum absolute atomic E-state index is 12.0. The van der Waals surface area contributed by atoms with E-state index in [1.807, 2.05) is 19.1 Å². The molecule has 0 bridgehead atoms. The molecule has 2 atom stereocenters. The number of halogens is 1. The molecule has 1 aromatic carbocycles. The van der Waals surface area contributed by atoms with Crippen molar-refractivity contribution in [2.45, 2.75) is 26.4 Å². The van der Waals surface area contributed by atoms with E-state index in [0.717, 1.165) is 25.2 Å². The van der Waals surface area contributed by atoms with Gasteiger partial charge in [0.25, 0.3) is 5.91 Å². The van der Waals surface area contributed by atoms with Gasteiger partial charge in [0.05, 0.1) is 11.6 Å². The quantitative estimate of drug-likeness (QED) is 0.908. The Bertz CT molecular complexity index is 472. The Morgan fingerprint density at radius 3 is 3.10 bits per heavy atom. The highest BCUT2D eigenvalue weighted by atomic mass is 35.5. The first kappa shape index (κ1) is 15.1. The molecule has 1 aliphatic heterocycles. The van der Waals surface area contributed by atoms with Crippen LogP contribution in [-0.4, -0.2) is 31.8 Å². The van der Waals surface area contributed by atoms with Gasteiger partial charge in [0.2, 0.25) is 0 Å². The fraction of sp³-hybridized carbons (Fsp3) is 0.533. The van der Waals surface area contributed by atoms with E-state index < -0.39 is 6.10 Å². The molecule has 0 radical (unpaired) electrons. The van der Waals surface area contributed by atoms with Crippen LogP contribution in [0.3, 0.4) is 0 Å². The SMILES string of the molecule is Cc1ccc(Cl)c(O[C@H](C)C(=O)NC[C@H]2CCOC2)c1. The molecule has 0 spiro atoms. The van der Waals surface area contributed by atoms with Crippen LogP contribution in [0.5, 0.6) is 5.75 Å². The van der Waals surface area contributed by atoms with Crippen molar-refractivity contribution in [3.8, 4) is 5.75 Å². The van der Waals surface area contributed by atoms with Crippen LogP contribution in [0.4, 0.5) is 0 Å². The summed E-state index contributed by atoms with van der Waals surface area (Å²) in [6, 6.07) is 5.50. The average Bonchev–Trinajstić information content (AvgIpc) is 2.93. The van der Waals surface area contributed by atoms with Crippen LogP contribution in [0.1, 0.15) is 18.9 Å². The maximum atomic E-state index is 12.0. The first-order valence-corrected chi connectivity index (χ1v) is 7.22. The zero-order chi connectivity index (χ0) is 14.5. The summed E-state index contributed by atoms with van der Waals surface area (Å²) in [6.07, 6.45) is 0.427. The summed E-state index contributed by atoms with van der Waals surface area (Å²) in [7, 11) is 0. The van der Waals surface area contributed by atoms with Crippen molar-refractivity contribution in [3.63, 3.8) is 0 Å². The fourth-order valence-corrected chi connectivity index (χ4v) is 2.24. The normalized spacial score (nSPS) is 19.6. The van der Waals surface area contributed by atoms with Crippen LogP contribution in [0, 0.1) is 12.8 Å². The van der Waals surface area contributed by atoms with Crippen molar-refractivity contribution < 1.29 is 14.3 Å². The number of carbonyl (C=O) groups is 1. The molecule has 0 aliphatic carbocycles. The van der Waals surface area contributed by atoms with Gasteiger partial charge in [0, 0.05) is 19.1 Å². The summed E-state index contributed by atoms with van der Waals surface area (Å²) >= 11 is 6.05. The van der Waals surface area contributed by atoms with Gasteiger partial charge < -0.3 is 14.8 Å². The van der Waals surface area contributed by atoms with E-state index in [0.29, 0.717) is 23.2 Å². The van der Waals surface area contributed by atoms with Gasteiger partial charge in [-0.1, -0.05) is 17.7 Å². The molecule has 1 heterocycles. The van der Waals surface area contributed by atoms with E-state index >= 15 is 0 Å². The second-order valence-electron chi connectivity index (χ2n) is 5.17. The first-order valence-electron chi connectivity index (χ1n) is 6.84. The van der Waals surface area contributed by atoms with Gasteiger partial charge in [0.1, 0.15) is 5.75 Å². The summed E-state index contributed by atoms with van der Waals surface area (Å²) in [4.78, 5) is 12.0. The number of carbonyl (C=O) groups excluding carboxylic acids is 1. The van der Waals surface area contributed by atoms with Crippen molar-refractivity contribution in [1.82, 2.24) is 5.32 Å².